The molecule has 0 saturated carbocycles. The average Bonchev–Trinajstić information content (AvgIpc) is 3.14. The zero-order valence-electron chi connectivity index (χ0n) is 17.3. The van der Waals surface area contributed by atoms with Gasteiger partial charge in [-0.15, -0.1) is 0 Å². The number of nitrogens with zero attached hydrogens (tertiary/aromatic N) is 2. The number of fused-ring (bicyclic) bond motifs is 1. The zero-order chi connectivity index (χ0) is 20.8. The van der Waals surface area contributed by atoms with Gasteiger partial charge in [-0.2, -0.15) is 0 Å². The molecule has 0 spiro atoms. The van der Waals surface area contributed by atoms with Crippen LogP contribution >= 0.6 is 11.6 Å². The van der Waals surface area contributed by atoms with E-state index in [0.29, 0.717) is 19.6 Å². The minimum atomic E-state index is 0.232. The summed E-state index contributed by atoms with van der Waals surface area (Å²) in [6, 6.07) is 14.0. The Labute approximate surface area is 183 Å². The topological polar surface area (TPSA) is 42.0 Å². The van der Waals surface area contributed by atoms with Gasteiger partial charge >= 0.3 is 0 Å². The van der Waals surface area contributed by atoms with Crippen molar-refractivity contribution >= 4 is 17.5 Å². The molecule has 2 aromatic carbocycles. The van der Waals surface area contributed by atoms with Crippen molar-refractivity contribution in [1.29, 1.82) is 0 Å². The van der Waals surface area contributed by atoms with Crippen molar-refractivity contribution in [1.82, 2.24) is 9.80 Å². The van der Waals surface area contributed by atoms with Gasteiger partial charge < -0.3 is 14.4 Å². The van der Waals surface area contributed by atoms with Crippen LogP contribution in [0.4, 0.5) is 0 Å². The lowest BCUT2D eigenvalue weighted by atomic mass is 10.1. The van der Waals surface area contributed by atoms with Crippen LogP contribution in [-0.2, 0) is 17.8 Å². The van der Waals surface area contributed by atoms with Crippen LogP contribution in [0, 0.1) is 0 Å². The molecule has 1 amide bonds. The van der Waals surface area contributed by atoms with E-state index in [1.54, 1.807) is 0 Å². The number of rotatable bonds is 5. The molecule has 6 heteroatoms. The predicted molar refractivity (Wildman–Crippen MR) is 118 cm³/mol. The predicted octanol–water partition coefficient (Wildman–Crippen LogP) is 4.17. The van der Waals surface area contributed by atoms with E-state index in [0.717, 1.165) is 74.1 Å². The Bertz CT molecular complexity index is 856. The molecular weight excluding hydrogens is 400 g/mol. The van der Waals surface area contributed by atoms with Crippen LogP contribution in [0.2, 0.25) is 5.02 Å². The van der Waals surface area contributed by atoms with Crippen molar-refractivity contribution in [3.63, 3.8) is 0 Å². The maximum Gasteiger partial charge on any atom is 0.222 e. The minimum absolute atomic E-state index is 0.232. The first-order valence-corrected chi connectivity index (χ1v) is 11.2. The Morgan fingerprint density at radius 1 is 0.867 bits per heavy atom. The monoisotopic (exact) mass is 428 g/mol. The molecule has 0 aromatic heterocycles. The fourth-order valence-electron chi connectivity index (χ4n) is 4.00. The fraction of sp³-hybridized carbons (Fsp3) is 0.458. The smallest absolute Gasteiger partial charge is 0.222 e. The fourth-order valence-corrected chi connectivity index (χ4v) is 4.13. The quantitative estimate of drug-likeness (QED) is 0.716. The third kappa shape index (κ3) is 5.67. The van der Waals surface area contributed by atoms with Crippen LogP contribution in [0.3, 0.4) is 0 Å². The van der Waals surface area contributed by atoms with E-state index in [-0.39, 0.29) is 5.91 Å². The maximum absolute atomic E-state index is 12.8. The number of aryl methyl sites for hydroxylation is 1. The van der Waals surface area contributed by atoms with Gasteiger partial charge in [-0.1, -0.05) is 29.8 Å². The zero-order valence-corrected chi connectivity index (χ0v) is 18.1. The molecule has 1 fully saturated rings. The number of hydrogen-bond acceptors (Lipinski definition) is 4. The highest BCUT2D eigenvalue weighted by Crippen LogP contribution is 2.30. The molecule has 0 unspecified atom stereocenters. The van der Waals surface area contributed by atoms with E-state index in [1.807, 2.05) is 35.2 Å². The second-order valence-electron chi connectivity index (χ2n) is 7.97. The largest absolute Gasteiger partial charge is 0.490 e. The molecule has 160 valence electrons. The lowest BCUT2D eigenvalue weighted by Crippen LogP contribution is -2.35. The molecule has 2 aromatic rings. The molecule has 0 bridgehead atoms. The van der Waals surface area contributed by atoms with Crippen molar-refractivity contribution in [2.75, 3.05) is 39.4 Å². The molecular formula is C24H29ClN2O3. The highest BCUT2D eigenvalue weighted by Gasteiger charge is 2.19. The summed E-state index contributed by atoms with van der Waals surface area (Å²) in [5, 5.41) is 0.764. The molecule has 2 aliphatic rings. The lowest BCUT2D eigenvalue weighted by Gasteiger charge is -2.22. The summed E-state index contributed by atoms with van der Waals surface area (Å²) in [7, 11) is 0. The van der Waals surface area contributed by atoms with Gasteiger partial charge in [-0.05, 0) is 48.2 Å². The van der Waals surface area contributed by atoms with Gasteiger partial charge in [0, 0.05) is 50.6 Å². The Hall–Kier alpha value is -2.24. The number of amides is 1. The summed E-state index contributed by atoms with van der Waals surface area (Å²) in [6.07, 6.45) is 3.15. The molecule has 30 heavy (non-hydrogen) atoms. The highest BCUT2D eigenvalue weighted by molar-refractivity contribution is 6.30. The van der Waals surface area contributed by atoms with Crippen molar-refractivity contribution in [2.45, 2.75) is 32.2 Å². The van der Waals surface area contributed by atoms with Crippen molar-refractivity contribution in [2.24, 2.45) is 0 Å². The normalized spacial score (nSPS) is 17.3. The third-order valence-electron chi connectivity index (χ3n) is 5.70. The molecule has 0 radical (unpaired) electrons. The van der Waals surface area contributed by atoms with Gasteiger partial charge in [0.25, 0.3) is 0 Å². The number of benzene rings is 2. The Balaban J connectivity index is 1.27. The molecule has 0 N–H and O–H groups in total. The van der Waals surface area contributed by atoms with Crippen LogP contribution in [0.1, 0.15) is 30.4 Å². The van der Waals surface area contributed by atoms with Gasteiger partial charge in [-0.25, -0.2) is 0 Å². The van der Waals surface area contributed by atoms with Crippen molar-refractivity contribution < 1.29 is 14.3 Å². The molecule has 5 nitrogen and oxygen atoms in total. The first-order valence-electron chi connectivity index (χ1n) is 10.8. The lowest BCUT2D eigenvalue weighted by molar-refractivity contribution is -0.131. The number of hydrogen-bond donors (Lipinski definition) is 0. The van der Waals surface area contributed by atoms with Crippen molar-refractivity contribution in [3.8, 4) is 11.5 Å². The number of carbonyl (C=O) groups excluding carboxylic acids is 1. The van der Waals surface area contributed by atoms with Gasteiger partial charge in [-0.3, -0.25) is 9.69 Å². The molecule has 0 aliphatic carbocycles. The Morgan fingerprint density at radius 2 is 1.63 bits per heavy atom. The number of ether oxygens (including phenoxy) is 2. The summed E-state index contributed by atoms with van der Waals surface area (Å²) < 4.78 is 11.4. The first kappa shape index (κ1) is 21.0. The maximum atomic E-state index is 12.8. The summed E-state index contributed by atoms with van der Waals surface area (Å²) in [5.74, 6) is 1.83. The second kappa shape index (κ2) is 10.2. The first-order chi connectivity index (χ1) is 14.7. The van der Waals surface area contributed by atoms with Gasteiger partial charge in [0.1, 0.15) is 0 Å². The number of halogens is 1. The van der Waals surface area contributed by atoms with E-state index in [2.05, 4.69) is 17.0 Å². The molecule has 2 aliphatic heterocycles. The number of carbonyl (C=O) groups is 1. The summed E-state index contributed by atoms with van der Waals surface area (Å²) in [4.78, 5) is 17.2. The van der Waals surface area contributed by atoms with Crippen LogP contribution < -0.4 is 9.47 Å². The van der Waals surface area contributed by atoms with Gasteiger partial charge in [0.2, 0.25) is 5.91 Å². The third-order valence-corrected chi connectivity index (χ3v) is 5.95. The summed E-state index contributed by atoms with van der Waals surface area (Å²) in [5.41, 5.74) is 2.38. The molecule has 4 rings (SSSR count). The van der Waals surface area contributed by atoms with Crippen LogP contribution in [0.15, 0.2) is 42.5 Å². The van der Waals surface area contributed by atoms with E-state index >= 15 is 0 Å². The Kier molecular flexibility index (Phi) is 7.13. The van der Waals surface area contributed by atoms with E-state index in [1.165, 1.54) is 5.56 Å². The average molecular weight is 429 g/mol. The molecule has 1 saturated heterocycles. The summed E-state index contributed by atoms with van der Waals surface area (Å²) in [6.45, 7) is 5.79. The van der Waals surface area contributed by atoms with Crippen LogP contribution in [-0.4, -0.2) is 55.1 Å². The van der Waals surface area contributed by atoms with Crippen molar-refractivity contribution in [3.05, 3.63) is 58.6 Å². The van der Waals surface area contributed by atoms with Crippen LogP contribution in [0.25, 0.3) is 0 Å². The van der Waals surface area contributed by atoms with Crippen LogP contribution in [0.5, 0.6) is 11.5 Å². The van der Waals surface area contributed by atoms with Gasteiger partial charge in [0.05, 0.1) is 13.2 Å². The standard InChI is InChI=1S/C24H29ClN2O3/c25-21-7-3-20(4-8-21)18-26-11-1-12-27(14-13-26)24(28)10-6-19-5-9-22-23(17-19)30-16-2-15-29-22/h3-5,7-9,17H,1-2,6,10-16,18H2. The minimum Gasteiger partial charge on any atom is -0.490 e. The SMILES string of the molecule is O=C(CCc1ccc2c(c1)OCCCO2)N1CCCN(Cc2ccc(Cl)cc2)CC1. The molecule has 2 heterocycles. The van der Waals surface area contributed by atoms with Gasteiger partial charge in [0.15, 0.2) is 11.5 Å². The summed E-state index contributed by atoms with van der Waals surface area (Å²) >= 11 is 5.98. The van der Waals surface area contributed by atoms with E-state index in [9.17, 15) is 4.79 Å². The molecule has 0 atom stereocenters. The highest BCUT2D eigenvalue weighted by atomic mass is 35.5. The van der Waals surface area contributed by atoms with E-state index < -0.39 is 0 Å². The Morgan fingerprint density at radius 3 is 2.47 bits per heavy atom. The van der Waals surface area contributed by atoms with E-state index in [4.69, 9.17) is 21.1 Å². The second-order valence-corrected chi connectivity index (χ2v) is 8.40.